The summed E-state index contributed by atoms with van der Waals surface area (Å²) in [4.78, 5) is 39.6. The Kier molecular flexibility index (Phi) is 9.11. The molecule has 1 aromatic heterocycles. The molecule has 0 aliphatic rings. The summed E-state index contributed by atoms with van der Waals surface area (Å²) in [6.45, 7) is 0. The molecule has 0 radical (unpaired) electrons. The van der Waals surface area contributed by atoms with Crippen LogP contribution >= 0.6 is 31.9 Å². The fourth-order valence-corrected chi connectivity index (χ4v) is 6.52. The van der Waals surface area contributed by atoms with E-state index >= 15 is 0 Å². The van der Waals surface area contributed by atoms with Gasteiger partial charge in [0.2, 0.25) is 5.52 Å². The fraction of sp³-hybridized carbons (Fsp3) is 0.0789. The number of para-hydroxylation sites is 1. The van der Waals surface area contributed by atoms with E-state index in [1.54, 1.807) is 22.9 Å². The molecule has 0 aliphatic carbocycles. The van der Waals surface area contributed by atoms with Crippen LogP contribution in [0.5, 0.6) is 0 Å². The van der Waals surface area contributed by atoms with Crippen LogP contribution < -0.4 is 4.57 Å². The molecule has 234 valence electrons. The number of hydrogen-bond acceptors (Lipinski definition) is 6. The van der Waals surface area contributed by atoms with Gasteiger partial charge in [-0.3, -0.25) is 4.79 Å². The number of benzene rings is 4. The molecule has 6 aromatic rings. The van der Waals surface area contributed by atoms with Gasteiger partial charge < -0.3 is 14.2 Å². The van der Waals surface area contributed by atoms with E-state index in [0.29, 0.717) is 16.6 Å². The predicted molar refractivity (Wildman–Crippen MR) is 190 cm³/mol. The monoisotopic (exact) mass is 751 g/mol. The normalized spacial score (nSPS) is 12.0. The van der Waals surface area contributed by atoms with Gasteiger partial charge in [0.1, 0.15) is 0 Å². The Morgan fingerprint density at radius 1 is 0.681 bits per heavy atom. The van der Waals surface area contributed by atoms with Crippen molar-refractivity contribution in [2.24, 2.45) is 0 Å². The Morgan fingerprint density at radius 3 is 1.89 bits per heavy atom. The molecular formula is C38H27Br2NO6. The average Bonchev–Trinajstić information content (AvgIpc) is 3.40. The number of nitrogens with zero attached hydrogens (tertiary/aromatic N) is 1. The topological polar surface area (TPSA) is 82.8 Å². The lowest BCUT2D eigenvalue weighted by atomic mass is 9.99. The van der Waals surface area contributed by atoms with Crippen molar-refractivity contribution in [3.63, 3.8) is 0 Å². The molecule has 0 spiro atoms. The maximum absolute atomic E-state index is 13.9. The quantitative estimate of drug-likeness (QED) is 0.0536. The third kappa shape index (κ3) is 6.00. The van der Waals surface area contributed by atoms with E-state index in [1.807, 2.05) is 91.0 Å². The van der Waals surface area contributed by atoms with Crippen LogP contribution in [0, 0.1) is 0 Å². The molecule has 0 unspecified atom stereocenters. The number of carbonyl (C=O) groups is 3. The van der Waals surface area contributed by atoms with E-state index in [9.17, 15) is 14.4 Å². The smallest absolute Gasteiger partial charge is 0.379 e. The van der Waals surface area contributed by atoms with Gasteiger partial charge in [0, 0.05) is 12.1 Å². The molecule has 47 heavy (non-hydrogen) atoms. The van der Waals surface area contributed by atoms with Crippen LogP contribution in [0.25, 0.3) is 55.9 Å². The summed E-state index contributed by atoms with van der Waals surface area (Å²) in [5.74, 6) is -1.79. The second-order valence-electron chi connectivity index (χ2n) is 10.6. The number of pyridine rings is 1. The first-order valence-corrected chi connectivity index (χ1v) is 16.0. The van der Waals surface area contributed by atoms with Gasteiger partial charge in [-0.05, 0) is 38.3 Å². The maximum atomic E-state index is 13.9. The minimum absolute atomic E-state index is 0.0122. The van der Waals surface area contributed by atoms with Crippen LogP contribution in [0.1, 0.15) is 27.0 Å². The molecule has 9 heteroatoms. The van der Waals surface area contributed by atoms with Crippen molar-refractivity contribution in [2.75, 3.05) is 21.3 Å². The zero-order chi connectivity index (χ0) is 33.2. The number of ether oxygens (including phenoxy) is 3. The van der Waals surface area contributed by atoms with E-state index in [2.05, 4.69) is 31.9 Å². The average molecular weight is 753 g/mol. The van der Waals surface area contributed by atoms with E-state index in [-0.39, 0.29) is 11.3 Å². The highest BCUT2D eigenvalue weighted by Gasteiger charge is 2.32. The summed E-state index contributed by atoms with van der Waals surface area (Å²) >= 11 is 7.17. The van der Waals surface area contributed by atoms with E-state index in [4.69, 9.17) is 14.2 Å². The molecule has 0 N–H and O–H groups in total. The predicted octanol–water partition coefficient (Wildman–Crippen LogP) is 8.35. The molecular weight excluding hydrogens is 726 g/mol. The number of carbonyl (C=O) groups excluding carboxylic acids is 3. The van der Waals surface area contributed by atoms with E-state index in [1.165, 1.54) is 21.3 Å². The van der Waals surface area contributed by atoms with Crippen molar-refractivity contribution < 1.29 is 33.2 Å². The van der Waals surface area contributed by atoms with Gasteiger partial charge in [0.05, 0.1) is 37.9 Å². The van der Waals surface area contributed by atoms with Crippen LogP contribution in [-0.4, -0.2) is 39.2 Å². The molecule has 5 aromatic carbocycles. The van der Waals surface area contributed by atoms with Crippen LogP contribution in [0.4, 0.5) is 0 Å². The third-order valence-corrected chi connectivity index (χ3v) is 8.94. The highest BCUT2D eigenvalue weighted by atomic mass is 79.9. The molecule has 6 rings (SSSR count). The molecule has 7 nitrogen and oxygen atoms in total. The molecule has 0 atom stereocenters. The van der Waals surface area contributed by atoms with E-state index < -0.39 is 17.9 Å². The van der Waals surface area contributed by atoms with Crippen molar-refractivity contribution >= 4 is 106 Å². The molecule has 0 fully saturated rings. The van der Waals surface area contributed by atoms with Gasteiger partial charge in [0.15, 0.2) is 6.20 Å². The Morgan fingerprint density at radius 2 is 1.30 bits per heavy atom. The largest absolute Gasteiger partial charge is 0.490 e. The first-order chi connectivity index (χ1) is 22.7. The number of esters is 3. The summed E-state index contributed by atoms with van der Waals surface area (Å²) in [6, 6.07) is 28.3. The summed E-state index contributed by atoms with van der Waals surface area (Å²) in [5, 5.41) is 4.22. The Bertz CT molecular complexity index is 2220. The van der Waals surface area contributed by atoms with Crippen LogP contribution in [0.3, 0.4) is 0 Å². The minimum atomic E-state index is -0.706. The minimum Gasteiger partial charge on any atom is -0.490 e. The number of rotatable bonds is 7. The molecule has 0 bridgehead atoms. The standard InChI is InChI=1S/C38H27Br2NO6/c1-45-36(42)24-12-9-22(10-13-24)8-11-23-18-19-41(32-7-5-4-6-27(23)32)35(38(44)47-3)34(37(43)46-2)33-30-20-25(39)14-16-28(30)29-17-15-26(40)21-31(29)33/h4-21H,1-3H3/b11-8+,35-34-. The lowest BCUT2D eigenvalue weighted by molar-refractivity contribution is -0.548. The van der Waals surface area contributed by atoms with Crippen LogP contribution in [0.15, 0.2) is 106 Å². The highest BCUT2D eigenvalue weighted by Crippen LogP contribution is 2.42. The number of fused-ring (bicyclic) bond motifs is 4. The Hall–Kier alpha value is -4.99. The zero-order valence-corrected chi connectivity index (χ0v) is 28.7. The number of hydrogen-bond donors (Lipinski definition) is 0. The van der Waals surface area contributed by atoms with Crippen LogP contribution in [-0.2, 0) is 23.8 Å². The van der Waals surface area contributed by atoms with Crippen molar-refractivity contribution in [2.45, 2.75) is 0 Å². The summed E-state index contributed by atoms with van der Waals surface area (Å²) in [7, 11) is 3.93. The lowest BCUT2D eigenvalue weighted by Crippen LogP contribution is -2.39. The maximum Gasteiger partial charge on any atom is 0.379 e. The highest BCUT2D eigenvalue weighted by molar-refractivity contribution is 9.10. The molecule has 0 saturated heterocycles. The van der Waals surface area contributed by atoms with Gasteiger partial charge in [0.25, 0.3) is 11.7 Å². The Balaban J connectivity index is 1.62. The SMILES string of the molecule is COC(=O)/C(=C(/C(=O)OC)[n+]1ccc(/C=C/c2ccc(C(=O)OC)cc2)c2ccccc21)[c-]1c2cc(Br)ccc2c2ccc(Br)cc21. The second kappa shape index (κ2) is 13.4. The molecule has 0 aliphatic heterocycles. The van der Waals surface area contributed by atoms with Gasteiger partial charge in [-0.15, -0.1) is 0 Å². The van der Waals surface area contributed by atoms with Gasteiger partial charge in [-0.25, -0.2) is 9.59 Å². The van der Waals surface area contributed by atoms with E-state index in [0.717, 1.165) is 47.0 Å². The van der Waals surface area contributed by atoms with Crippen molar-refractivity contribution in [3.05, 3.63) is 128 Å². The summed E-state index contributed by atoms with van der Waals surface area (Å²) < 4.78 is 18.8. The van der Waals surface area contributed by atoms with Crippen molar-refractivity contribution in [3.8, 4) is 0 Å². The summed E-state index contributed by atoms with van der Waals surface area (Å²) in [6.07, 6.45) is 5.63. The first kappa shape index (κ1) is 32.0. The van der Waals surface area contributed by atoms with Gasteiger partial charge >= 0.3 is 11.9 Å². The number of aromatic nitrogens is 1. The third-order valence-electron chi connectivity index (χ3n) is 7.95. The first-order valence-electron chi connectivity index (χ1n) is 14.4. The Labute approximate surface area is 287 Å². The molecule has 1 heterocycles. The lowest BCUT2D eigenvalue weighted by Gasteiger charge is -2.16. The van der Waals surface area contributed by atoms with Crippen molar-refractivity contribution in [1.82, 2.24) is 0 Å². The molecule has 0 saturated carbocycles. The van der Waals surface area contributed by atoms with Gasteiger partial charge in [-0.2, -0.15) is 4.57 Å². The zero-order valence-electron chi connectivity index (χ0n) is 25.5. The summed E-state index contributed by atoms with van der Waals surface area (Å²) in [5.41, 5.74) is 3.52. The molecule has 0 amide bonds. The van der Waals surface area contributed by atoms with Crippen molar-refractivity contribution in [1.29, 1.82) is 0 Å². The van der Waals surface area contributed by atoms with Crippen LogP contribution in [0.2, 0.25) is 0 Å². The second-order valence-corrected chi connectivity index (χ2v) is 12.4. The number of halogens is 2. The fourth-order valence-electron chi connectivity index (χ4n) is 5.79. The van der Waals surface area contributed by atoms with Gasteiger partial charge in [-0.1, -0.05) is 132 Å². The number of methoxy groups -OCH3 is 3.